The van der Waals surface area contributed by atoms with E-state index < -0.39 is 0 Å². The lowest BCUT2D eigenvalue weighted by molar-refractivity contribution is -0.632. The molecule has 0 amide bonds. The summed E-state index contributed by atoms with van der Waals surface area (Å²) in [6, 6.07) is 0. The van der Waals surface area contributed by atoms with Crippen LogP contribution in [-0.2, 0) is 15.0 Å². The van der Waals surface area contributed by atoms with Crippen LogP contribution in [0.25, 0.3) is 0 Å². The molecule has 0 heterocycles. The summed E-state index contributed by atoms with van der Waals surface area (Å²) in [5, 5.41) is 15.6. The van der Waals surface area contributed by atoms with E-state index in [2.05, 4.69) is 10.1 Å². The van der Waals surface area contributed by atoms with Crippen molar-refractivity contribution in [3.63, 3.8) is 0 Å². The van der Waals surface area contributed by atoms with E-state index in [1.165, 1.54) is 51.4 Å². The van der Waals surface area contributed by atoms with Gasteiger partial charge in [-0.2, -0.15) is 0 Å². The van der Waals surface area contributed by atoms with E-state index in [1.807, 2.05) is 0 Å². The summed E-state index contributed by atoms with van der Waals surface area (Å²) in [6.07, 6.45) is 12.3. The Hall–Kier alpha value is -0.160. The van der Waals surface area contributed by atoms with Crippen LogP contribution >= 0.6 is 0 Å². The smallest absolute Gasteiger partial charge is 0.0962 e. The minimum Gasteiger partial charge on any atom is -0.219 e. The monoisotopic (exact) mass is 218 g/mol. The Labute approximate surface area is 91.3 Å². The summed E-state index contributed by atoms with van der Waals surface area (Å²) in [4.78, 5) is 4.93. The van der Waals surface area contributed by atoms with Crippen LogP contribution in [0.5, 0.6) is 0 Å². The van der Waals surface area contributed by atoms with Crippen molar-refractivity contribution < 1.29 is 20.2 Å². The van der Waals surface area contributed by atoms with Gasteiger partial charge in [0.2, 0.25) is 0 Å². The molecule has 0 aromatic carbocycles. The van der Waals surface area contributed by atoms with Crippen LogP contribution in [0.4, 0.5) is 0 Å². The Kier molecular flexibility index (Phi) is 7.83. The highest BCUT2D eigenvalue weighted by molar-refractivity contribution is 4.60. The van der Waals surface area contributed by atoms with Crippen LogP contribution < -0.4 is 0 Å². The topological polar surface area (TPSA) is 47.9 Å². The first kappa shape index (κ1) is 12.9. The largest absolute Gasteiger partial charge is 0.219 e. The van der Waals surface area contributed by atoms with Crippen LogP contribution in [0.1, 0.15) is 64.2 Å². The van der Waals surface area contributed by atoms with E-state index in [1.54, 1.807) is 0 Å². The molecule has 0 radical (unpaired) electrons. The second-order valence-electron chi connectivity index (χ2n) is 4.27. The Morgan fingerprint density at radius 2 is 1.20 bits per heavy atom. The number of hydrogen-bond donors (Lipinski definition) is 1. The van der Waals surface area contributed by atoms with Crippen molar-refractivity contribution in [2.24, 2.45) is 0 Å². The Bertz CT molecular complexity index is 129. The normalized spacial score (nSPS) is 22.2. The van der Waals surface area contributed by atoms with Gasteiger partial charge >= 0.3 is 0 Å². The SMILES string of the molecule is OOOOC1CCCCCCCCCC1. The van der Waals surface area contributed by atoms with Gasteiger partial charge in [-0.25, -0.2) is 10.1 Å². The minimum atomic E-state index is 0.0650. The van der Waals surface area contributed by atoms with E-state index >= 15 is 0 Å². The van der Waals surface area contributed by atoms with Gasteiger partial charge in [0.25, 0.3) is 0 Å². The molecule has 1 fully saturated rings. The first-order valence-corrected chi connectivity index (χ1v) is 6.07. The molecular weight excluding hydrogens is 196 g/mol. The summed E-state index contributed by atoms with van der Waals surface area (Å²) >= 11 is 0. The first-order valence-electron chi connectivity index (χ1n) is 6.07. The van der Waals surface area contributed by atoms with Gasteiger partial charge in [0.05, 0.1) is 6.10 Å². The maximum absolute atomic E-state index is 8.02. The number of rotatable bonds is 3. The first-order chi connectivity index (χ1) is 7.43. The van der Waals surface area contributed by atoms with Crippen molar-refractivity contribution in [1.29, 1.82) is 0 Å². The fourth-order valence-electron chi connectivity index (χ4n) is 2.12. The Morgan fingerprint density at radius 1 is 0.733 bits per heavy atom. The summed E-state index contributed by atoms with van der Waals surface area (Å²) in [5.41, 5.74) is 0. The van der Waals surface area contributed by atoms with Crippen LogP contribution in [0.15, 0.2) is 0 Å². The van der Waals surface area contributed by atoms with Gasteiger partial charge in [-0.15, -0.1) is 0 Å². The predicted molar refractivity (Wildman–Crippen MR) is 55.8 cm³/mol. The molecule has 0 bridgehead atoms. The van der Waals surface area contributed by atoms with Crippen molar-refractivity contribution in [2.75, 3.05) is 0 Å². The van der Waals surface area contributed by atoms with Crippen LogP contribution in [0.3, 0.4) is 0 Å². The lowest BCUT2D eigenvalue weighted by Crippen LogP contribution is -2.13. The third kappa shape index (κ3) is 6.84. The molecule has 0 aromatic heterocycles. The van der Waals surface area contributed by atoms with E-state index in [4.69, 9.17) is 10.1 Å². The fourth-order valence-corrected chi connectivity index (χ4v) is 2.12. The second kappa shape index (κ2) is 9.09. The summed E-state index contributed by atoms with van der Waals surface area (Å²) in [5.74, 6) is 0. The maximum Gasteiger partial charge on any atom is 0.0962 e. The summed E-state index contributed by atoms with van der Waals surface area (Å²) in [6.45, 7) is 0. The Balaban J connectivity index is 2.19. The van der Waals surface area contributed by atoms with Crippen molar-refractivity contribution in [1.82, 2.24) is 0 Å². The molecule has 15 heavy (non-hydrogen) atoms. The van der Waals surface area contributed by atoms with E-state index in [9.17, 15) is 0 Å². The molecule has 1 aliphatic rings. The summed E-state index contributed by atoms with van der Waals surface area (Å²) < 4.78 is 0. The molecular formula is C11H22O4. The van der Waals surface area contributed by atoms with Gasteiger partial charge in [0.15, 0.2) is 0 Å². The van der Waals surface area contributed by atoms with Crippen molar-refractivity contribution in [3.8, 4) is 0 Å². The lowest BCUT2D eigenvalue weighted by atomic mass is 10.1. The van der Waals surface area contributed by atoms with Gasteiger partial charge in [0.1, 0.15) is 0 Å². The maximum atomic E-state index is 8.02. The zero-order valence-corrected chi connectivity index (χ0v) is 9.32. The van der Waals surface area contributed by atoms with Crippen LogP contribution in [0.2, 0.25) is 0 Å². The lowest BCUT2D eigenvalue weighted by Gasteiger charge is -2.13. The molecule has 0 aromatic rings. The molecule has 90 valence electrons. The second-order valence-corrected chi connectivity index (χ2v) is 4.27. The molecule has 0 atom stereocenters. The van der Waals surface area contributed by atoms with Crippen molar-refractivity contribution in [3.05, 3.63) is 0 Å². The third-order valence-corrected chi connectivity index (χ3v) is 3.01. The standard InChI is InChI=1S/C11H22O4/c12-14-15-13-11-9-7-5-3-1-2-4-6-8-10-11/h11-12H,1-10H2. The molecule has 0 aliphatic heterocycles. The highest BCUT2D eigenvalue weighted by Crippen LogP contribution is 2.18. The summed E-state index contributed by atoms with van der Waals surface area (Å²) in [7, 11) is 0. The molecule has 0 spiro atoms. The van der Waals surface area contributed by atoms with Gasteiger partial charge < -0.3 is 0 Å². The Morgan fingerprint density at radius 3 is 1.67 bits per heavy atom. The average Bonchev–Trinajstić information content (AvgIpc) is 2.31. The van der Waals surface area contributed by atoms with E-state index in [0.29, 0.717) is 0 Å². The van der Waals surface area contributed by atoms with Crippen LogP contribution in [0, 0.1) is 0 Å². The zero-order chi connectivity index (χ0) is 10.8. The molecule has 0 saturated heterocycles. The van der Waals surface area contributed by atoms with Crippen molar-refractivity contribution in [2.45, 2.75) is 70.3 Å². The predicted octanol–water partition coefficient (Wildman–Crippen LogP) is 3.62. The molecule has 0 unspecified atom stereocenters. The molecule has 1 saturated carbocycles. The fraction of sp³-hybridized carbons (Fsp3) is 1.00. The molecule has 1 aliphatic carbocycles. The van der Waals surface area contributed by atoms with Crippen molar-refractivity contribution >= 4 is 0 Å². The van der Waals surface area contributed by atoms with Gasteiger partial charge in [-0.3, -0.25) is 0 Å². The van der Waals surface area contributed by atoms with E-state index in [-0.39, 0.29) is 6.10 Å². The van der Waals surface area contributed by atoms with Gasteiger partial charge in [-0.1, -0.05) is 51.4 Å². The molecule has 4 heteroatoms. The van der Waals surface area contributed by atoms with E-state index in [0.717, 1.165) is 12.8 Å². The van der Waals surface area contributed by atoms with Crippen LogP contribution in [-0.4, -0.2) is 11.4 Å². The highest BCUT2D eigenvalue weighted by Gasteiger charge is 2.11. The zero-order valence-electron chi connectivity index (χ0n) is 9.32. The average molecular weight is 218 g/mol. The molecule has 1 N–H and O–H groups in total. The third-order valence-electron chi connectivity index (χ3n) is 3.01. The minimum absolute atomic E-state index is 0.0650. The van der Waals surface area contributed by atoms with Gasteiger partial charge in [-0.05, 0) is 22.9 Å². The quantitative estimate of drug-likeness (QED) is 0.580. The number of hydrogen-bond acceptors (Lipinski definition) is 4. The molecule has 4 nitrogen and oxygen atoms in total. The van der Waals surface area contributed by atoms with Gasteiger partial charge in [0, 0.05) is 0 Å². The highest BCUT2D eigenvalue weighted by atomic mass is 17.6. The molecule has 1 rings (SSSR count).